The van der Waals surface area contributed by atoms with Gasteiger partial charge < -0.3 is 15.8 Å². The van der Waals surface area contributed by atoms with Crippen LogP contribution in [0.2, 0.25) is 0 Å². The summed E-state index contributed by atoms with van der Waals surface area (Å²) in [4.78, 5) is 23.6. The van der Waals surface area contributed by atoms with E-state index in [4.69, 9.17) is 5.73 Å². The summed E-state index contributed by atoms with van der Waals surface area (Å²) in [6.45, 7) is 9.64. The molecule has 0 heterocycles. The van der Waals surface area contributed by atoms with Crippen LogP contribution in [0, 0.1) is 11.3 Å². The fraction of sp³-hybridized carbons (Fsp3) is 0.846. The minimum Gasteiger partial charge on any atom is -0.467 e. The van der Waals surface area contributed by atoms with Gasteiger partial charge in [0.15, 0.2) is 0 Å². The highest BCUT2D eigenvalue weighted by molar-refractivity contribution is 5.88. The number of carbonyl (C=O) groups is 2. The van der Waals surface area contributed by atoms with Crippen LogP contribution in [0.15, 0.2) is 0 Å². The standard InChI is InChI=1S/C13H26N2O3/c1-12(2,3)7-9(8-14)10(16)15-13(4,5)11(17)18-6/h9H,7-8,14H2,1-6H3,(H,15,16). The third-order valence-electron chi connectivity index (χ3n) is 2.65. The molecule has 5 nitrogen and oxygen atoms in total. The number of esters is 1. The second-order valence-corrected chi connectivity index (χ2v) is 6.30. The van der Waals surface area contributed by atoms with Gasteiger partial charge in [0.25, 0.3) is 0 Å². The van der Waals surface area contributed by atoms with E-state index in [1.165, 1.54) is 7.11 Å². The van der Waals surface area contributed by atoms with E-state index in [0.29, 0.717) is 6.42 Å². The maximum absolute atomic E-state index is 12.1. The van der Waals surface area contributed by atoms with Crippen molar-refractivity contribution in [2.75, 3.05) is 13.7 Å². The van der Waals surface area contributed by atoms with Crippen molar-refractivity contribution < 1.29 is 14.3 Å². The summed E-state index contributed by atoms with van der Waals surface area (Å²) in [5.41, 5.74) is 4.61. The number of hydrogen-bond donors (Lipinski definition) is 2. The van der Waals surface area contributed by atoms with E-state index in [2.05, 4.69) is 10.1 Å². The largest absolute Gasteiger partial charge is 0.467 e. The Bertz CT molecular complexity index is 306. The van der Waals surface area contributed by atoms with Crippen LogP contribution in [-0.4, -0.2) is 31.1 Å². The Morgan fingerprint density at radius 1 is 1.22 bits per heavy atom. The highest BCUT2D eigenvalue weighted by atomic mass is 16.5. The monoisotopic (exact) mass is 258 g/mol. The van der Waals surface area contributed by atoms with Crippen molar-refractivity contribution in [3.8, 4) is 0 Å². The molecule has 106 valence electrons. The van der Waals surface area contributed by atoms with Gasteiger partial charge in [0, 0.05) is 6.54 Å². The molecule has 0 aliphatic carbocycles. The van der Waals surface area contributed by atoms with E-state index in [-0.39, 0.29) is 23.8 Å². The minimum atomic E-state index is -1.03. The summed E-state index contributed by atoms with van der Waals surface area (Å²) < 4.78 is 4.65. The predicted molar refractivity (Wildman–Crippen MR) is 70.9 cm³/mol. The summed E-state index contributed by atoms with van der Waals surface area (Å²) in [5.74, 6) is -0.973. The van der Waals surface area contributed by atoms with Gasteiger partial charge in [-0.05, 0) is 25.7 Å². The molecule has 0 aromatic heterocycles. The molecule has 0 fully saturated rings. The summed E-state index contributed by atoms with van der Waals surface area (Å²) in [6.07, 6.45) is 0.673. The lowest BCUT2D eigenvalue weighted by Crippen LogP contribution is -2.53. The smallest absolute Gasteiger partial charge is 0.330 e. The third kappa shape index (κ3) is 5.49. The zero-order valence-electron chi connectivity index (χ0n) is 12.3. The zero-order chi connectivity index (χ0) is 14.6. The Kier molecular flexibility index (Phi) is 5.80. The molecular weight excluding hydrogens is 232 g/mol. The van der Waals surface area contributed by atoms with Crippen molar-refractivity contribution in [3.63, 3.8) is 0 Å². The van der Waals surface area contributed by atoms with Gasteiger partial charge in [0.1, 0.15) is 5.54 Å². The lowest BCUT2D eigenvalue weighted by atomic mass is 9.84. The highest BCUT2D eigenvalue weighted by Gasteiger charge is 2.33. The van der Waals surface area contributed by atoms with Crippen LogP contribution in [0.4, 0.5) is 0 Å². The zero-order valence-corrected chi connectivity index (χ0v) is 12.3. The molecule has 0 saturated carbocycles. The first-order valence-corrected chi connectivity index (χ1v) is 6.14. The molecule has 3 N–H and O–H groups in total. The first-order valence-electron chi connectivity index (χ1n) is 6.14. The van der Waals surface area contributed by atoms with Crippen molar-refractivity contribution in [2.24, 2.45) is 17.1 Å². The van der Waals surface area contributed by atoms with Gasteiger partial charge >= 0.3 is 5.97 Å². The quantitative estimate of drug-likeness (QED) is 0.723. The molecule has 0 rings (SSSR count). The second-order valence-electron chi connectivity index (χ2n) is 6.30. The normalized spacial score (nSPS) is 13.9. The van der Waals surface area contributed by atoms with Gasteiger partial charge in [-0.2, -0.15) is 0 Å². The van der Waals surface area contributed by atoms with E-state index in [1.54, 1.807) is 13.8 Å². The maximum atomic E-state index is 12.1. The van der Waals surface area contributed by atoms with E-state index in [0.717, 1.165) is 0 Å². The van der Waals surface area contributed by atoms with E-state index < -0.39 is 11.5 Å². The summed E-state index contributed by atoms with van der Waals surface area (Å²) in [7, 11) is 1.30. The number of rotatable bonds is 5. The van der Waals surface area contributed by atoms with E-state index in [9.17, 15) is 9.59 Å². The van der Waals surface area contributed by atoms with Crippen LogP contribution in [0.1, 0.15) is 41.0 Å². The minimum absolute atomic E-state index is 0.0107. The molecular formula is C13H26N2O3. The van der Waals surface area contributed by atoms with Crippen LogP contribution >= 0.6 is 0 Å². The molecule has 1 unspecified atom stereocenters. The summed E-state index contributed by atoms with van der Waals surface area (Å²) >= 11 is 0. The first kappa shape index (κ1) is 16.9. The number of carbonyl (C=O) groups excluding carboxylic acids is 2. The number of methoxy groups -OCH3 is 1. The van der Waals surface area contributed by atoms with Gasteiger partial charge in [-0.1, -0.05) is 20.8 Å². The average molecular weight is 258 g/mol. The van der Waals surface area contributed by atoms with Crippen LogP contribution < -0.4 is 11.1 Å². The van der Waals surface area contributed by atoms with Crippen molar-refractivity contribution >= 4 is 11.9 Å². The van der Waals surface area contributed by atoms with Gasteiger partial charge in [-0.3, -0.25) is 4.79 Å². The van der Waals surface area contributed by atoms with Crippen molar-refractivity contribution in [2.45, 2.75) is 46.6 Å². The van der Waals surface area contributed by atoms with Gasteiger partial charge in [-0.15, -0.1) is 0 Å². The van der Waals surface area contributed by atoms with Crippen LogP contribution in [0.3, 0.4) is 0 Å². The molecule has 1 atom stereocenters. The molecule has 0 saturated heterocycles. The fourth-order valence-corrected chi connectivity index (χ4v) is 1.74. The topological polar surface area (TPSA) is 81.4 Å². The predicted octanol–water partition coefficient (Wildman–Crippen LogP) is 1.07. The Hall–Kier alpha value is -1.10. The lowest BCUT2D eigenvalue weighted by Gasteiger charge is -2.29. The summed E-state index contributed by atoms with van der Waals surface area (Å²) in [6, 6.07) is 0. The maximum Gasteiger partial charge on any atom is 0.330 e. The number of nitrogens with one attached hydrogen (secondary N) is 1. The SMILES string of the molecule is COC(=O)C(C)(C)NC(=O)C(CN)CC(C)(C)C. The number of hydrogen-bond acceptors (Lipinski definition) is 4. The number of nitrogens with two attached hydrogens (primary N) is 1. The molecule has 0 aliphatic rings. The van der Waals surface area contributed by atoms with E-state index in [1.807, 2.05) is 20.8 Å². The second kappa shape index (κ2) is 6.18. The molecule has 0 bridgehead atoms. The van der Waals surface area contributed by atoms with Gasteiger partial charge in [0.05, 0.1) is 13.0 Å². The van der Waals surface area contributed by atoms with Crippen LogP contribution in [0.25, 0.3) is 0 Å². The van der Waals surface area contributed by atoms with Crippen molar-refractivity contribution in [1.82, 2.24) is 5.32 Å². The Labute approximate surface area is 109 Å². The average Bonchev–Trinajstić information content (AvgIpc) is 2.22. The van der Waals surface area contributed by atoms with E-state index >= 15 is 0 Å². The molecule has 0 aliphatic heterocycles. The Morgan fingerprint density at radius 3 is 2.06 bits per heavy atom. The Balaban J connectivity index is 4.68. The van der Waals surface area contributed by atoms with Crippen molar-refractivity contribution in [3.05, 3.63) is 0 Å². The fourth-order valence-electron chi connectivity index (χ4n) is 1.74. The van der Waals surface area contributed by atoms with Crippen LogP contribution in [-0.2, 0) is 14.3 Å². The highest BCUT2D eigenvalue weighted by Crippen LogP contribution is 2.24. The molecule has 0 aromatic rings. The van der Waals surface area contributed by atoms with Gasteiger partial charge in [0.2, 0.25) is 5.91 Å². The summed E-state index contributed by atoms with van der Waals surface area (Å²) in [5, 5.41) is 2.69. The molecule has 0 radical (unpaired) electrons. The number of amides is 1. The molecule has 0 aromatic carbocycles. The molecule has 5 heteroatoms. The molecule has 18 heavy (non-hydrogen) atoms. The third-order valence-corrected chi connectivity index (χ3v) is 2.65. The van der Waals surface area contributed by atoms with Crippen molar-refractivity contribution in [1.29, 1.82) is 0 Å². The lowest BCUT2D eigenvalue weighted by molar-refractivity contribution is -0.150. The van der Waals surface area contributed by atoms with Crippen LogP contribution in [0.5, 0.6) is 0 Å². The number of ether oxygens (including phenoxy) is 1. The Morgan fingerprint density at radius 2 is 1.72 bits per heavy atom. The first-order chi connectivity index (χ1) is 8.03. The molecule has 1 amide bonds. The van der Waals surface area contributed by atoms with Gasteiger partial charge in [-0.25, -0.2) is 4.79 Å². The molecule has 0 spiro atoms.